The van der Waals surface area contributed by atoms with Crippen LogP contribution in [0.3, 0.4) is 0 Å². The van der Waals surface area contributed by atoms with E-state index in [-0.39, 0.29) is 36.2 Å². The number of anilines is 1. The Morgan fingerprint density at radius 2 is 2.12 bits per heavy atom. The Bertz CT molecular complexity index is 906. The van der Waals surface area contributed by atoms with Crippen LogP contribution in [0.25, 0.3) is 0 Å². The second-order valence-corrected chi connectivity index (χ2v) is 8.05. The maximum Gasteiger partial charge on any atom is 0.256 e. The Morgan fingerprint density at radius 1 is 1.33 bits per heavy atom. The molecular weight excluding hydrogens is 330 g/mol. The third kappa shape index (κ3) is 3.59. The molecule has 0 bridgehead atoms. The summed E-state index contributed by atoms with van der Waals surface area (Å²) in [6, 6.07) is 7.57. The number of ether oxygens (including phenoxy) is 1. The van der Waals surface area contributed by atoms with E-state index in [4.69, 9.17) is 4.74 Å². The number of nitrogens with one attached hydrogen (secondary N) is 2. The standard InChI is InChI=1S/C16H19N3O4S/c1-2-24(21,22)8-7-17-16-18-13-10-23-14-6-4-3-5-11(14)9-12(13)15(20)19-16/h3-6H,2,7-10H2,1H3,(H2,17,18,19,20). The second-order valence-electron chi connectivity index (χ2n) is 5.58. The third-order valence-corrected chi connectivity index (χ3v) is 5.66. The number of H-pyrrole nitrogens is 1. The van der Waals surface area contributed by atoms with Gasteiger partial charge in [0.2, 0.25) is 5.95 Å². The number of aromatic nitrogens is 2. The van der Waals surface area contributed by atoms with Gasteiger partial charge in [0.05, 0.1) is 11.4 Å². The molecule has 7 nitrogen and oxygen atoms in total. The van der Waals surface area contributed by atoms with Crippen LogP contribution in [0.4, 0.5) is 5.95 Å². The molecule has 0 atom stereocenters. The molecule has 8 heteroatoms. The molecule has 0 aliphatic carbocycles. The second kappa shape index (κ2) is 6.64. The van der Waals surface area contributed by atoms with Crippen LogP contribution >= 0.6 is 0 Å². The lowest BCUT2D eigenvalue weighted by Crippen LogP contribution is -2.23. The lowest BCUT2D eigenvalue weighted by Gasteiger charge is -2.09. The SMILES string of the molecule is CCS(=O)(=O)CCNc1nc2c(c(=O)[nH]1)Cc1ccccc1OC2. The topological polar surface area (TPSA) is 101 Å². The van der Waals surface area contributed by atoms with Crippen LogP contribution in [0.2, 0.25) is 0 Å². The first-order valence-corrected chi connectivity index (χ1v) is 9.57. The summed E-state index contributed by atoms with van der Waals surface area (Å²) < 4.78 is 28.7. The highest BCUT2D eigenvalue weighted by atomic mass is 32.2. The summed E-state index contributed by atoms with van der Waals surface area (Å²) in [5.41, 5.74) is 1.85. The predicted molar refractivity (Wildman–Crippen MR) is 91.3 cm³/mol. The van der Waals surface area contributed by atoms with E-state index in [0.29, 0.717) is 17.7 Å². The van der Waals surface area contributed by atoms with Crippen molar-refractivity contribution >= 4 is 15.8 Å². The summed E-state index contributed by atoms with van der Waals surface area (Å²) in [6.45, 7) is 2.00. The summed E-state index contributed by atoms with van der Waals surface area (Å²) in [4.78, 5) is 19.4. The van der Waals surface area contributed by atoms with E-state index in [1.54, 1.807) is 6.92 Å². The molecule has 1 aliphatic rings. The van der Waals surface area contributed by atoms with Gasteiger partial charge in [0.15, 0.2) is 9.84 Å². The summed E-state index contributed by atoms with van der Waals surface area (Å²) in [5.74, 6) is 1.10. The van der Waals surface area contributed by atoms with Crippen LogP contribution in [0.15, 0.2) is 29.1 Å². The van der Waals surface area contributed by atoms with Crippen LogP contribution < -0.4 is 15.6 Å². The normalized spacial score (nSPS) is 13.4. The molecule has 2 aromatic rings. The van der Waals surface area contributed by atoms with Gasteiger partial charge in [-0.1, -0.05) is 25.1 Å². The molecule has 0 unspecified atom stereocenters. The Hall–Kier alpha value is -2.35. The minimum absolute atomic E-state index is 0.00770. The van der Waals surface area contributed by atoms with Gasteiger partial charge in [-0.05, 0) is 11.6 Å². The number of para-hydroxylation sites is 1. The fourth-order valence-corrected chi connectivity index (χ4v) is 3.23. The van der Waals surface area contributed by atoms with Crippen LogP contribution in [-0.2, 0) is 22.9 Å². The minimum Gasteiger partial charge on any atom is -0.487 e. The fraction of sp³-hybridized carbons (Fsp3) is 0.375. The van der Waals surface area contributed by atoms with E-state index in [1.165, 1.54) is 0 Å². The first-order chi connectivity index (χ1) is 11.5. The van der Waals surface area contributed by atoms with Gasteiger partial charge in [-0.15, -0.1) is 0 Å². The van der Waals surface area contributed by atoms with Crippen molar-refractivity contribution in [1.29, 1.82) is 0 Å². The average molecular weight is 349 g/mol. The van der Waals surface area contributed by atoms with Crippen molar-refractivity contribution in [1.82, 2.24) is 9.97 Å². The molecular formula is C16H19N3O4S. The van der Waals surface area contributed by atoms with Crippen molar-refractivity contribution in [3.05, 3.63) is 51.4 Å². The van der Waals surface area contributed by atoms with Crippen molar-refractivity contribution in [3.63, 3.8) is 0 Å². The maximum absolute atomic E-state index is 12.4. The van der Waals surface area contributed by atoms with Crippen LogP contribution in [-0.4, -0.2) is 36.4 Å². The fourth-order valence-electron chi connectivity index (χ4n) is 2.53. The van der Waals surface area contributed by atoms with Gasteiger partial charge in [-0.2, -0.15) is 0 Å². The number of benzene rings is 1. The zero-order valence-corrected chi connectivity index (χ0v) is 14.1. The molecule has 0 saturated carbocycles. The highest BCUT2D eigenvalue weighted by Crippen LogP contribution is 2.25. The van der Waals surface area contributed by atoms with Gasteiger partial charge in [-0.3, -0.25) is 9.78 Å². The van der Waals surface area contributed by atoms with Gasteiger partial charge in [-0.25, -0.2) is 13.4 Å². The van der Waals surface area contributed by atoms with E-state index in [9.17, 15) is 13.2 Å². The van der Waals surface area contributed by atoms with Crippen molar-refractivity contribution in [2.45, 2.75) is 20.0 Å². The Kier molecular flexibility index (Phi) is 4.57. The third-order valence-electron chi connectivity index (χ3n) is 3.95. The first kappa shape index (κ1) is 16.5. The van der Waals surface area contributed by atoms with Gasteiger partial charge in [0, 0.05) is 24.3 Å². The number of hydrogen-bond acceptors (Lipinski definition) is 6. The minimum atomic E-state index is -3.07. The molecule has 1 aromatic carbocycles. The van der Waals surface area contributed by atoms with Gasteiger partial charge < -0.3 is 10.1 Å². The van der Waals surface area contributed by atoms with Gasteiger partial charge in [0.25, 0.3) is 5.56 Å². The molecule has 2 N–H and O–H groups in total. The van der Waals surface area contributed by atoms with Crippen LogP contribution in [0.5, 0.6) is 5.75 Å². The van der Waals surface area contributed by atoms with Crippen molar-refractivity contribution in [3.8, 4) is 5.75 Å². The maximum atomic E-state index is 12.4. The number of rotatable bonds is 5. The molecule has 128 valence electrons. The molecule has 3 rings (SSSR count). The molecule has 1 aliphatic heterocycles. The zero-order chi connectivity index (χ0) is 17.2. The number of aromatic amines is 1. The lowest BCUT2D eigenvalue weighted by molar-refractivity contribution is 0.302. The Balaban J connectivity index is 1.80. The monoisotopic (exact) mass is 349 g/mol. The van der Waals surface area contributed by atoms with Crippen molar-refractivity contribution in [2.75, 3.05) is 23.4 Å². The number of sulfone groups is 1. The van der Waals surface area contributed by atoms with E-state index in [0.717, 1.165) is 11.3 Å². The molecule has 1 aromatic heterocycles. The molecule has 0 fully saturated rings. The van der Waals surface area contributed by atoms with Crippen molar-refractivity contribution in [2.24, 2.45) is 0 Å². The van der Waals surface area contributed by atoms with Crippen LogP contribution in [0, 0.1) is 0 Å². The number of nitrogens with zero attached hydrogens (tertiary/aromatic N) is 1. The van der Waals surface area contributed by atoms with Crippen molar-refractivity contribution < 1.29 is 13.2 Å². The summed E-state index contributed by atoms with van der Waals surface area (Å²) in [6.07, 6.45) is 0.457. The molecule has 0 radical (unpaired) electrons. The molecule has 0 saturated heterocycles. The predicted octanol–water partition coefficient (Wildman–Crippen LogP) is 1.10. The summed E-state index contributed by atoms with van der Waals surface area (Å²) in [7, 11) is -3.07. The smallest absolute Gasteiger partial charge is 0.256 e. The quantitative estimate of drug-likeness (QED) is 0.838. The molecule has 2 heterocycles. The Morgan fingerprint density at radius 3 is 2.92 bits per heavy atom. The van der Waals surface area contributed by atoms with E-state index >= 15 is 0 Å². The van der Waals surface area contributed by atoms with E-state index in [2.05, 4.69) is 15.3 Å². The van der Waals surface area contributed by atoms with Gasteiger partial charge in [0.1, 0.15) is 12.4 Å². The number of hydrogen-bond donors (Lipinski definition) is 2. The molecule has 0 spiro atoms. The molecule has 24 heavy (non-hydrogen) atoms. The summed E-state index contributed by atoms with van der Waals surface area (Å²) >= 11 is 0. The number of fused-ring (bicyclic) bond motifs is 2. The highest BCUT2D eigenvalue weighted by molar-refractivity contribution is 7.91. The van der Waals surface area contributed by atoms with Crippen LogP contribution in [0.1, 0.15) is 23.7 Å². The largest absolute Gasteiger partial charge is 0.487 e. The average Bonchev–Trinajstić information content (AvgIpc) is 2.75. The zero-order valence-electron chi connectivity index (χ0n) is 13.3. The first-order valence-electron chi connectivity index (χ1n) is 7.75. The van der Waals surface area contributed by atoms with E-state index < -0.39 is 9.84 Å². The lowest BCUT2D eigenvalue weighted by atomic mass is 10.1. The highest BCUT2D eigenvalue weighted by Gasteiger charge is 2.19. The van der Waals surface area contributed by atoms with Gasteiger partial charge >= 0.3 is 0 Å². The Labute approximate surface area is 140 Å². The molecule has 0 amide bonds. The van der Waals surface area contributed by atoms with E-state index in [1.807, 2.05) is 24.3 Å². The summed E-state index contributed by atoms with van der Waals surface area (Å²) in [5, 5.41) is 2.87.